The lowest BCUT2D eigenvalue weighted by atomic mass is 10.1. The van der Waals surface area contributed by atoms with E-state index in [2.05, 4.69) is 20.6 Å². The van der Waals surface area contributed by atoms with Crippen LogP contribution in [-0.4, -0.2) is 50.9 Å². The van der Waals surface area contributed by atoms with Gasteiger partial charge < -0.3 is 15.6 Å². The predicted molar refractivity (Wildman–Crippen MR) is 138 cm³/mol. The minimum atomic E-state index is -3.44. The van der Waals surface area contributed by atoms with Crippen molar-refractivity contribution < 1.29 is 12.8 Å². The smallest absolute Gasteiger partial charge is 0.242 e. The fraction of sp³-hybridized carbons (Fsp3) is 0.318. The Balaban J connectivity index is 0.00000363. The van der Waals surface area contributed by atoms with Gasteiger partial charge in [-0.15, -0.1) is 24.0 Å². The summed E-state index contributed by atoms with van der Waals surface area (Å²) in [5.74, 6) is 0.423. The van der Waals surface area contributed by atoms with Crippen LogP contribution in [0.3, 0.4) is 0 Å². The highest BCUT2D eigenvalue weighted by molar-refractivity contribution is 14.0. The average Bonchev–Trinajstić information content (AvgIpc) is 3.14. The Kier molecular flexibility index (Phi) is 9.47. The van der Waals surface area contributed by atoms with Crippen LogP contribution >= 0.6 is 24.0 Å². The van der Waals surface area contributed by atoms with Gasteiger partial charge in [0.15, 0.2) is 5.96 Å². The lowest BCUT2D eigenvalue weighted by molar-refractivity contribution is 0.520. The number of rotatable bonds is 8. The number of H-pyrrole nitrogens is 1. The van der Waals surface area contributed by atoms with Crippen molar-refractivity contribution in [3.05, 3.63) is 65.6 Å². The standard InChI is InChI=1S/C22H28FN5O2S.HI/c1-4-24-22(25-12-11-17-15-26-21-13-18(23)7-10-20(17)21)27-14-16-5-8-19(9-6-16)31(29,30)28(2)3;/h5-10,13,15,26H,4,11-12,14H2,1-3H3,(H2,24,25,27);1H. The molecule has 32 heavy (non-hydrogen) atoms. The Bertz CT molecular complexity index is 1160. The van der Waals surface area contributed by atoms with Crippen LogP contribution in [0, 0.1) is 5.82 Å². The molecule has 0 saturated carbocycles. The van der Waals surface area contributed by atoms with E-state index in [-0.39, 0.29) is 34.7 Å². The molecule has 0 bridgehead atoms. The van der Waals surface area contributed by atoms with Crippen molar-refractivity contribution in [3.63, 3.8) is 0 Å². The number of halogens is 2. The number of fused-ring (bicyclic) bond motifs is 1. The summed E-state index contributed by atoms with van der Waals surface area (Å²) in [5, 5.41) is 7.52. The fourth-order valence-corrected chi connectivity index (χ4v) is 4.07. The summed E-state index contributed by atoms with van der Waals surface area (Å²) in [5.41, 5.74) is 2.81. The van der Waals surface area contributed by atoms with Gasteiger partial charge in [-0.05, 0) is 54.8 Å². The number of hydrogen-bond donors (Lipinski definition) is 3. The van der Waals surface area contributed by atoms with Gasteiger partial charge in [-0.1, -0.05) is 12.1 Å². The van der Waals surface area contributed by atoms with Crippen molar-refractivity contribution >= 4 is 50.9 Å². The van der Waals surface area contributed by atoms with Crippen LogP contribution < -0.4 is 10.6 Å². The summed E-state index contributed by atoms with van der Waals surface area (Å²) >= 11 is 0. The Hall–Kier alpha value is -2.18. The molecular formula is C22H29FIN5O2S. The van der Waals surface area contributed by atoms with Crippen LogP contribution in [0.25, 0.3) is 10.9 Å². The molecule has 3 rings (SSSR count). The third kappa shape index (κ3) is 6.42. The predicted octanol–water partition coefficient (Wildman–Crippen LogP) is 3.47. The van der Waals surface area contributed by atoms with Gasteiger partial charge >= 0.3 is 0 Å². The van der Waals surface area contributed by atoms with Gasteiger partial charge in [-0.3, -0.25) is 0 Å². The number of benzene rings is 2. The Morgan fingerprint density at radius 3 is 2.50 bits per heavy atom. The highest BCUT2D eigenvalue weighted by Gasteiger charge is 2.16. The summed E-state index contributed by atoms with van der Waals surface area (Å²) in [6.07, 6.45) is 2.66. The lowest BCUT2D eigenvalue weighted by Crippen LogP contribution is -2.38. The van der Waals surface area contributed by atoms with Gasteiger partial charge in [0.25, 0.3) is 0 Å². The minimum Gasteiger partial charge on any atom is -0.361 e. The molecule has 0 saturated heterocycles. The first-order valence-corrected chi connectivity index (χ1v) is 11.5. The van der Waals surface area contributed by atoms with E-state index in [4.69, 9.17) is 0 Å². The first-order chi connectivity index (χ1) is 14.8. The second-order valence-corrected chi connectivity index (χ2v) is 9.46. The molecular weight excluding hydrogens is 544 g/mol. The van der Waals surface area contributed by atoms with Gasteiger partial charge in [0, 0.05) is 44.3 Å². The van der Waals surface area contributed by atoms with E-state index in [9.17, 15) is 12.8 Å². The number of nitrogens with one attached hydrogen (secondary N) is 3. The second-order valence-electron chi connectivity index (χ2n) is 7.31. The van der Waals surface area contributed by atoms with Gasteiger partial charge in [0.1, 0.15) is 5.82 Å². The monoisotopic (exact) mass is 573 g/mol. The molecule has 7 nitrogen and oxygen atoms in total. The number of hydrogen-bond acceptors (Lipinski definition) is 3. The zero-order valence-electron chi connectivity index (χ0n) is 18.4. The third-order valence-corrected chi connectivity index (χ3v) is 6.71. The SMILES string of the molecule is CCNC(=NCc1ccc(S(=O)(=O)N(C)C)cc1)NCCc1c[nH]c2cc(F)ccc12.I. The van der Waals surface area contributed by atoms with Gasteiger partial charge in [0.2, 0.25) is 10.0 Å². The van der Waals surface area contributed by atoms with Crippen LogP contribution in [0.15, 0.2) is 58.5 Å². The summed E-state index contributed by atoms with van der Waals surface area (Å²) in [4.78, 5) is 7.94. The maximum Gasteiger partial charge on any atom is 0.242 e. The molecule has 3 aromatic rings. The van der Waals surface area contributed by atoms with E-state index in [1.165, 1.54) is 30.5 Å². The number of sulfonamides is 1. The summed E-state index contributed by atoms with van der Waals surface area (Å²) in [6.45, 7) is 3.80. The normalized spacial score (nSPS) is 12.1. The maximum atomic E-state index is 13.3. The minimum absolute atomic E-state index is 0. The van der Waals surface area contributed by atoms with Gasteiger partial charge in [0.05, 0.1) is 11.4 Å². The van der Waals surface area contributed by atoms with Crippen molar-refractivity contribution in [2.45, 2.75) is 24.8 Å². The van der Waals surface area contributed by atoms with Crippen LogP contribution in [-0.2, 0) is 23.0 Å². The third-order valence-electron chi connectivity index (χ3n) is 4.88. The van der Waals surface area contributed by atoms with Gasteiger partial charge in [-0.2, -0.15) is 0 Å². The molecule has 2 aromatic carbocycles. The number of aliphatic imine (C=N–C) groups is 1. The van der Waals surface area contributed by atoms with Crippen molar-refractivity contribution in [1.82, 2.24) is 19.9 Å². The molecule has 10 heteroatoms. The van der Waals surface area contributed by atoms with Crippen LogP contribution in [0.4, 0.5) is 4.39 Å². The first-order valence-electron chi connectivity index (χ1n) is 10.1. The average molecular weight is 573 g/mol. The molecule has 0 aliphatic carbocycles. The van der Waals surface area contributed by atoms with Crippen molar-refractivity contribution in [2.24, 2.45) is 4.99 Å². The molecule has 174 valence electrons. The Labute approximate surface area is 205 Å². The zero-order chi connectivity index (χ0) is 22.4. The summed E-state index contributed by atoms with van der Waals surface area (Å²) < 4.78 is 38.9. The van der Waals surface area contributed by atoms with Crippen molar-refractivity contribution in [2.75, 3.05) is 27.2 Å². The lowest BCUT2D eigenvalue weighted by Gasteiger charge is -2.12. The van der Waals surface area contributed by atoms with E-state index in [1.54, 1.807) is 30.3 Å². The molecule has 1 aromatic heterocycles. The van der Waals surface area contributed by atoms with Crippen LogP contribution in [0.2, 0.25) is 0 Å². The van der Waals surface area contributed by atoms with E-state index in [1.807, 2.05) is 13.1 Å². The Morgan fingerprint density at radius 2 is 1.84 bits per heavy atom. The van der Waals surface area contributed by atoms with E-state index in [0.29, 0.717) is 19.0 Å². The largest absolute Gasteiger partial charge is 0.361 e. The number of aromatic amines is 1. The quantitative estimate of drug-likeness (QED) is 0.219. The highest BCUT2D eigenvalue weighted by atomic mass is 127. The summed E-state index contributed by atoms with van der Waals surface area (Å²) in [7, 11) is -0.415. The molecule has 0 unspecified atom stereocenters. The van der Waals surface area contributed by atoms with Gasteiger partial charge in [-0.25, -0.2) is 22.1 Å². The molecule has 0 atom stereocenters. The second kappa shape index (κ2) is 11.6. The molecule has 0 amide bonds. The van der Waals surface area contributed by atoms with E-state index in [0.717, 1.165) is 35.0 Å². The van der Waals surface area contributed by atoms with E-state index >= 15 is 0 Å². The first kappa shape index (κ1) is 26.1. The Morgan fingerprint density at radius 1 is 1.12 bits per heavy atom. The summed E-state index contributed by atoms with van der Waals surface area (Å²) in [6, 6.07) is 11.5. The topological polar surface area (TPSA) is 89.6 Å². The molecule has 0 aliphatic rings. The number of nitrogens with zero attached hydrogens (tertiary/aromatic N) is 2. The number of aromatic nitrogens is 1. The van der Waals surface area contributed by atoms with Crippen LogP contribution in [0.5, 0.6) is 0 Å². The maximum absolute atomic E-state index is 13.3. The number of guanidine groups is 1. The molecule has 0 spiro atoms. The molecule has 0 radical (unpaired) electrons. The molecule has 0 fully saturated rings. The zero-order valence-corrected chi connectivity index (χ0v) is 21.5. The molecule has 3 N–H and O–H groups in total. The van der Waals surface area contributed by atoms with E-state index < -0.39 is 10.0 Å². The fourth-order valence-electron chi connectivity index (χ4n) is 3.17. The van der Waals surface area contributed by atoms with Crippen molar-refractivity contribution in [1.29, 1.82) is 0 Å². The van der Waals surface area contributed by atoms with Crippen LogP contribution in [0.1, 0.15) is 18.1 Å². The molecule has 0 aliphatic heterocycles. The molecule has 1 heterocycles. The highest BCUT2D eigenvalue weighted by Crippen LogP contribution is 2.19. The van der Waals surface area contributed by atoms with Crippen molar-refractivity contribution in [3.8, 4) is 0 Å².